The number of nitrogens with one attached hydrogen (secondary N) is 2. The average Bonchev–Trinajstić information content (AvgIpc) is 2.84. The first-order valence-corrected chi connectivity index (χ1v) is 7.81. The monoisotopic (exact) mass is 289 g/mol. The lowest BCUT2D eigenvalue weighted by atomic mass is 9.98. The summed E-state index contributed by atoms with van der Waals surface area (Å²) in [6.07, 6.45) is 8.12. The van der Waals surface area contributed by atoms with Gasteiger partial charge in [0, 0.05) is 30.5 Å². The number of rotatable bonds is 5. The Kier molecular flexibility index (Phi) is 4.45. The highest BCUT2D eigenvalue weighted by Gasteiger charge is 2.36. The van der Waals surface area contributed by atoms with Gasteiger partial charge in [-0.25, -0.2) is 9.97 Å². The zero-order valence-electron chi connectivity index (χ0n) is 12.5. The number of amides is 1. The van der Waals surface area contributed by atoms with Crippen molar-refractivity contribution in [2.75, 3.05) is 18.4 Å². The van der Waals surface area contributed by atoms with Crippen molar-refractivity contribution in [3.05, 3.63) is 18.5 Å². The summed E-state index contributed by atoms with van der Waals surface area (Å²) in [6, 6.07) is 3.53. The highest BCUT2D eigenvalue weighted by molar-refractivity contribution is 5.90. The van der Waals surface area contributed by atoms with E-state index in [4.69, 9.17) is 0 Å². The molecule has 0 saturated carbocycles. The van der Waals surface area contributed by atoms with Crippen molar-refractivity contribution in [3.8, 4) is 0 Å². The largest absolute Gasteiger partial charge is 0.311 e. The SMILES string of the molecule is CCN(CC(=O)Nc1ncccn1)C1CC2CCC(C1)N2. The molecule has 2 bridgehead atoms. The van der Waals surface area contributed by atoms with E-state index in [1.807, 2.05) is 0 Å². The number of aromatic nitrogens is 2. The van der Waals surface area contributed by atoms with Crippen LogP contribution in [0.15, 0.2) is 18.5 Å². The molecule has 2 aliphatic heterocycles. The Balaban J connectivity index is 1.55. The molecule has 0 aromatic carbocycles. The van der Waals surface area contributed by atoms with E-state index in [-0.39, 0.29) is 5.91 Å². The lowest BCUT2D eigenvalue weighted by molar-refractivity contribution is -0.118. The van der Waals surface area contributed by atoms with Crippen LogP contribution in [0, 0.1) is 0 Å². The molecule has 1 aromatic rings. The Morgan fingerprint density at radius 3 is 2.62 bits per heavy atom. The number of carbonyl (C=O) groups is 1. The molecule has 114 valence electrons. The van der Waals surface area contributed by atoms with Crippen molar-refractivity contribution in [3.63, 3.8) is 0 Å². The number of hydrogen-bond donors (Lipinski definition) is 2. The van der Waals surface area contributed by atoms with Crippen LogP contribution in [0.2, 0.25) is 0 Å². The third-order valence-corrected chi connectivity index (χ3v) is 4.53. The van der Waals surface area contributed by atoms with Crippen LogP contribution in [-0.4, -0.2) is 52.0 Å². The third kappa shape index (κ3) is 3.57. The van der Waals surface area contributed by atoms with Gasteiger partial charge in [0.15, 0.2) is 0 Å². The molecule has 6 heteroatoms. The van der Waals surface area contributed by atoms with Gasteiger partial charge in [0.25, 0.3) is 0 Å². The Morgan fingerprint density at radius 1 is 1.33 bits per heavy atom. The Hall–Kier alpha value is -1.53. The number of nitrogens with zero attached hydrogens (tertiary/aromatic N) is 3. The van der Waals surface area contributed by atoms with Crippen molar-refractivity contribution in [1.82, 2.24) is 20.2 Å². The van der Waals surface area contributed by atoms with E-state index in [1.165, 1.54) is 12.8 Å². The van der Waals surface area contributed by atoms with Crippen molar-refractivity contribution < 1.29 is 4.79 Å². The molecule has 3 heterocycles. The quantitative estimate of drug-likeness (QED) is 0.847. The lowest BCUT2D eigenvalue weighted by Gasteiger charge is -2.36. The summed E-state index contributed by atoms with van der Waals surface area (Å²) < 4.78 is 0. The predicted molar refractivity (Wildman–Crippen MR) is 80.9 cm³/mol. The van der Waals surface area contributed by atoms with Crippen LogP contribution in [0.25, 0.3) is 0 Å². The first-order valence-electron chi connectivity index (χ1n) is 7.81. The minimum atomic E-state index is -0.0334. The van der Waals surface area contributed by atoms with Gasteiger partial charge in [-0.15, -0.1) is 0 Å². The smallest absolute Gasteiger partial charge is 0.240 e. The highest BCUT2D eigenvalue weighted by atomic mass is 16.2. The summed E-state index contributed by atoms with van der Waals surface area (Å²) in [5.41, 5.74) is 0. The maximum Gasteiger partial charge on any atom is 0.240 e. The molecule has 3 rings (SSSR count). The van der Waals surface area contributed by atoms with E-state index in [0.29, 0.717) is 30.6 Å². The predicted octanol–water partition coefficient (Wildman–Crippen LogP) is 1.02. The fraction of sp³-hybridized carbons (Fsp3) is 0.667. The molecular weight excluding hydrogens is 266 g/mol. The van der Waals surface area contributed by atoms with Gasteiger partial charge >= 0.3 is 0 Å². The topological polar surface area (TPSA) is 70.2 Å². The van der Waals surface area contributed by atoms with E-state index < -0.39 is 0 Å². The summed E-state index contributed by atoms with van der Waals surface area (Å²) in [4.78, 5) is 22.5. The summed E-state index contributed by atoms with van der Waals surface area (Å²) in [5, 5.41) is 6.41. The van der Waals surface area contributed by atoms with Crippen LogP contribution in [0.3, 0.4) is 0 Å². The van der Waals surface area contributed by atoms with Gasteiger partial charge in [0.05, 0.1) is 6.54 Å². The Bertz CT molecular complexity index is 468. The summed E-state index contributed by atoms with van der Waals surface area (Å²) in [5.74, 6) is 0.345. The third-order valence-electron chi connectivity index (χ3n) is 4.53. The number of anilines is 1. The van der Waals surface area contributed by atoms with Gasteiger partial charge in [-0.2, -0.15) is 0 Å². The van der Waals surface area contributed by atoms with E-state index in [2.05, 4.69) is 32.4 Å². The molecule has 2 fully saturated rings. The Labute approximate surface area is 125 Å². The second-order valence-corrected chi connectivity index (χ2v) is 5.95. The fourth-order valence-electron chi connectivity index (χ4n) is 3.54. The molecule has 2 aliphatic rings. The summed E-state index contributed by atoms with van der Waals surface area (Å²) in [6.45, 7) is 3.43. The Morgan fingerprint density at radius 2 is 2.00 bits per heavy atom. The van der Waals surface area contributed by atoms with E-state index in [1.54, 1.807) is 18.5 Å². The maximum atomic E-state index is 12.2. The molecule has 0 aliphatic carbocycles. The van der Waals surface area contributed by atoms with E-state index in [9.17, 15) is 4.79 Å². The molecule has 2 saturated heterocycles. The highest BCUT2D eigenvalue weighted by Crippen LogP contribution is 2.29. The zero-order chi connectivity index (χ0) is 14.7. The maximum absolute atomic E-state index is 12.2. The molecule has 6 nitrogen and oxygen atoms in total. The first kappa shape index (κ1) is 14.4. The lowest BCUT2D eigenvalue weighted by Crippen LogP contribution is -2.50. The van der Waals surface area contributed by atoms with Gasteiger partial charge in [-0.1, -0.05) is 6.92 Å². The average molecular weight is 289 g/mol. The standard InChI is InChI=1S/C15H23N5O/c1-2-20(13-8-11-4-5-12(9-13)18-11)10-14(21)19-15-16-6-3-7-17-15/h3,6-7,11-13,18H,2,4-5,8-10H2,1H3,(H,16,17,19,21). The van der Waals surface area contributed by atoms with Crippen molar-refractivity contribution in [2.45, 2.75) is 50.7 Å². The number of carbonyl (C=O) groups excluding carboxylic acids is 1. The molecule has 1 amide bonds. The van der Waals surface area contributed by atoms with Crippen LogP contribution in [-0.2, 0) is 4.79 Å². The number of likely N-dealkylation sites (N-methyl/N-ethyl adjacent to an activating group) is 1. The van der Waals surface area contributed by atoms with Crippen LogP contribution in [0.1, 0.15) is 32.6 Å². The number of piperidine rings is 1. The molecule has 1 aromatic heterocycles. The molecular formula is C15H23N5O. The minimum absolute atomic E-state index is 0.0334. The van der Waals surface area contributed by atoms with Gasteiger partial charge < -0.3 is 5.32 Å². The van der Waals surface area contributed by atoms with Crippen molar-refractivity contribution in [2.24, 2.45) is 0 Å². The van der Waals surface area contributed by atoms with Gasteiger partial charge in [-0.05, 0) is 38.3 Å². The first-order chi connectivity index (χ1) is 10.2. The number of hydrogen-bond acceptors (Lipinski definition) is 5. The summed E-state index contributed by atoms with van der Waals surface area (Å²) >= 11 is 0. The molecule has 0 radical (unpaired) electrons. The van der Waals surface area contributed by atoms with Crippen LogP contribution in [0.5, 0.6) is 0 Å². The summed E-state index contributed by atoms with van der Waals surface area (Å²) in [7, 11) is 0. The second-order valence-electron chi connectivity index (χ2n) is 5.95. The molecule has 2 unspecified atom stereocenters. The van der Waals surface area contributed by atoms with Gasteiger partial charge in [0.2, 0.25) is 11.9 Å². The van der Waals surface area contributed by atoms with Crippen molar-refractivity contribution >= 4 is 11.9 Å². The molecule has 2 atom stereocenters. The van der Waals surface area contributed by atoms with Gasteiger partial charge in [-0.3, -0.25) is 15.0 Å². The fourth-order valence-corrected chi connectivity index (χ4v) is 3.54. The number of fused-ring (bicyclic) bond motifs is 2. The van der Waals surface area contributed by atoms with Crippen LogP contribution in [0.4, 0.5) is 5.95 Å². The van der Waals surface area contributed by atoms with Crippen molar-refractivity contribution in [1.29, 1.82) is 0 Å². The molecule has 21 heavy (non-hydrogen) atoms. The van der Waals surface area contributed by atoms with Crippen LogP contribution >= 0.6 is 0 Å². The van der Waals surface area contributed by atoms with E-state index >= 15 is 0 Å². The van der Waals surface area contributed by atoms with Crippen LogP contribution < -0.4 is 10.6 Å². The van der Waals surface area contributed by atoms with E-state index in [0.717, 1.165) is 19.4 Å². The molecule has 2 N–H and O–H groups in total. The van der Waals surface area contributed by atoms with Gasteiger partial charge in [0.1, 0.15) is 0 Å². The molecule has 0 spiro atoms. The second kappa shape index (κ2) is 6.49. The minimum Gasteiger partial charge on any atom is -0.311 e. The normalized spacial score (nSPS) is 27.8. The zero-order valence-corrected chi connectivity index (χ0v) is 12.5.